The summed E-state index contributed by atoms with van der Waals surface area (Å²) in [6.45, 7) is -1.63. The topological polar surface area (TPSA) is 64.8 Å². The van der Waals surface area contributed by atoms with Crippen molar-refractivity contribution in [1.82, 2.24) is 4.90 Å². The van der Waals surface area contributed by atoms with Crippen LogP contribution in [0.1, 0.15) is 10.4 Å². The Labute approximate surface area is 120 Å². The molecule has 0 saturated carbocycles. The van der Waals surface area contributed by atoms with Gasteiger partial charge in [0.05, 0.1) is 19.8 Å². The summed E-state index contributed by atoms with van der Waals surface area (Å²) in [5, 5.41) is 0. The highest BCUT2D eigenvalue weighted by Gasteiger charge is 2.33. The SMILES string of the molecule is COc1ccc(C(=O)N(CCN)CC(F)(F)F)c(OC)c1. The number of rotatable bonds is 6. The van der Waals surface area contributed by atoms with Gasteiger partial charge in [-0.3, -0.25) is 4.79 Å². The van der Waals surface area contributed by atoms with Gasteiger partial charge < -0.3 is 20.1 Å². The molecule has 118 valence electrons. The van der Waals surface area contributed by atoms with Crippen LogP contribution < -0.4 is 15.2 Å². The van der Waals surface area contributed by atoms with Crippen LogP contribution in [0, 0.1) is 0 Å². The van der Waals surface area contributed by atoms with E-state index in [0.717, 1.165) is 0 Å². The number of carbonyl (C=O) groups excluding carboxylic acids is 1. The highest BCUT2D eigenvalue weighted by atomic mass is 19.4. The van der Waals surface area contributed by atoms with E-state index in [1.807, 2.05) is 0 Å². The van der Waals surface area contributed by atoms with Crippen molar-refractivity contribution in [3.63, 3.8) is 0 Å². The highest BCUT2D eigenvalue weighted by Crippen LogP contribution is 2.27. The molecule has 0 fully saturated rings. The third-order valence-electron chi connectivity index (χ3n) is 2.70. The molecule has 1 aromatic carbocycles. The minimum Gasteiger partial charge on any atom is -0.497 e. The molecule has 0 heterocycles. The van der Waals surface area contributed by atoms with E-state index in [0.29, 0.717) is 10.6 Å². The standard InChI is InChI=1S/C13H17F3N2O3/c1-20-9-3-4-10(11(7-9)21-2)12(19)18(6-5-17)8-13(14,15)16/h3-4,7H,5-6,8,17H2,1-2H3. The Hall–Kier alpha value is -1.96. The van der Waals surface area contributed by atoms with E-state index < -0.39 is 18.6 Å². The van der Waals surface area contributed by atoms with Gasteiger partial charge in [-0.25, -0.2) is 0 Å². The van der Waals surface area contributed by atoms with Gasteiger partial charge in [-0.2, -0.15) is 13.2 Å². The predicted octanol–water partition coefficient (Wildman–Crippen LogP) is 1.67. The Bertz CT molecular complexity index is 492. The lowest BCUT2D eigenvalue weighted by molar-refractivity contribution is -0.140. The minimum atomic E-state index is -4.50. The normalized spacial score (nSPS) is 11.1. The van der Waals surface area contributed by atoms with Crippen LogP contribution in [-0.2, 0) is 0 Å². The summed E-state index contributed by atoms with van der Waals surface area (Å²) in [6.07, 6.45) is -4.50. The molecule has 0 bridgehead atoms. The van der Waals surface area contributed by atoms with Crippen molar-refractivity contribution in [2.24, 2.45) is 5.73 Å². The molecule has 21 heavy (non-hydrogen) atoms. The second-order valence-electron chi connectivity index (χ2n) is 4.20. The number of ether oxygens (including phenoxy) is 2. The molecular formula is C13H17F3N2O3. The van der Waals surface area contributed by atoms with Gasteiger partial charge >= 0.3 is 6.18 Å². The lowest BCUT2D eigenvalue weighted by Crippen LogP contribution is -2.41. The molecule has 0 saturated heterocycles. The lowest BCUT2D eigenvalue weighted by atomic mass is 10.1. The van der Waals surface area contributed by atoms with E-state index in [-0.39, 0.29) is 24.4 Å². The van der Waals surface area contributed by atoms with Crippen molar-refractivity contribution >= 4 is 5.91 Å². The quantitative estimate of drug-likeness (QED) is 0.868. The Morgan fingerprint density at radius 1 is 1.29 bits per heavy atom. The van der Waals surface area contributed by atoms with Crippen LogP contribution in [-0.4, -0.2) is 50.8 Å². The van der Waals surface area contributed by atoms with Crippen LogP contribution in [0.5, 0.6) is 11.5 Å². The van der Waals surface area contributed by atoms with Gasteiger partial charge in [0.2, 0.25) is 0 Å². The van der Waals surface area contributed by atoms with Crippen molar-refractivity contribution in [2.45, 2.75) is 6.18 Å². The van der Waals surface area contributed by atoms with Crippen molar-refractivity contribution in [1.29, 1.82) is 0 Å². The van der Waals surface area contributed by atoms with Crippen molar-refractivity contribution in [3.8, 4) is 11.5 Å². The largest absolute Gasteiger partial charge is 0.497 e. The first-order chi connectivity index (χ1) is 9.82. The fourth-order valence-electron chi connectivity index (χ4n) is 1.77. The number of benzene rings is 1. The van der Waals surface area contributed by atoms with Crippen molar-refractivity contribution < 1.29 is 27.4 Å². The molecule has 0 aliphatic carbocycles. The number of nitrogens with zero attached hydrogens (tertiary/aromatic N) is 1. The van der Waals surface area contributed by atoms with Gasteiger partial charge in [-0.05, 0) is 12.1 Å². The summed E-state index contributed by atoms with van der Waals surface area (Å²) in [6, 6.07) is 4.27. The average molecular weight is 306 g/mol. The van der Waals surface area contributed by atoms with Crippen LogP contribution in [0.25, 0.3) is 0 Å². The summed E-state index contributed by atoms with van der Waals surface area (Å²) in [5.74, 6) is -0.217. The molecule has 1 rings (SSSR count). The highest BCUT2D eigenvalue weighted by molar-refractivity contribution is 5.97. The second-order valence-corrected chi connectivity index (χ2v) is 4.20. The molecule has 0 aliphatic heterocycles. The van der Waals surface area contributed by atoms with Crippen LogP contribution in [0.4, 0.5) is 13.2 Å². The molecular weight excluding hydrogens is 289 g/mol. The molecule has 1 aromatic rings. The Balaban J connectivity index is 3.08. The first-order valence-electron chi connectivity index (χ1n) is 6.10. The van der Waals surface area contributed by atoms with Crippen LogP contribution >= 0.6 is 0 Å². The van der Waals surface area contributed by atoms with Crippen LogP contribution in [0.3, 0.4) is 0 Å². The van der Waals surface area contributed by atoms with Gasteiger partial charge in [0.15, 0.2) is 0 Å². The molecule has 1 amide bonds. The number of carbonyl (C=O) groups is 1. The number of amides is 1. The lowest BCUT2D eigenvalue weighted by Gasteiger charge is -2.24. The summed E-state index contributed by atoms with van der Waals surface area (Å²) in [5.41, 5.74) is 5.29. The van der Waals surface area contributed by atoms with Crippen molar-refractivity contribution in [2.75, 3.05) is 33.9 Å². The predicted molar refractivity (Wildman–Crippen MR) is 70.6 cm³/mol. The maximum absolute atomic E-state index is 12.5. The van der Waals surface area contributed by atoms with E-state index >= 15 is 0 Å². The fraction of sp³-hybridized carbons (Fsp3) is 0.462. The van der Waals surface area contributed by atoms with E-state index in [9.17, 15) is 18.0 Å². The molecule has 0 aromatic heterocycles. The van der Waals surface area contributed by atoms with E-state index in [2.05, 4.69) is 0 Å². The van der Waals surface area contributed by atoms with Gasteiger partial charge in [0.1, 0.15) is 18.0 Å². The number of hydrogen-bond acceptors (Lipinski definition) is 4. The molecule has 0 radical (unpaired) electrons. The molecule has 0 spiro atoms. The number of methoxy groups -OCH3 is 2. The third-order valence-corrected chi connectivity index (χ3v) is 2.70. The Morgan fingerprint density at radius 3 is 2.43 bits per heavy atom. The van der Waals surface area contributed by atoms with E-state index in [4.69, 9.17) is 15.2 Å². The van der Waals surface area contributed by atoms with E-state index in [1.54, 1.807) is 0 Å². The first kappa shape index (κ1) is 17.1. The summed E-state index contributed by atoms with van der Waals surface area (Å²) in [4.78, 5) is 12.9. The molecule has 2 N–H and O–H groups in total. The fourth-order valence-corrected chi connectivity index (χ4v) is 1.77. The number of hydrogen-bond donors (Lipinski definition) is 1. The number of halogens is 3. The molecule has 0 atom stereocenters. The minimum absolute atomic E-state index is 0.0241. The number of nitrogens with two attached hydrogens (primary N) is 1. The first-order valence-corrected chi connectivity index (χ1v) is 6.10. The third kappa shape index (κ3) is 4.82. The zero-order valence-electron chi connectivity index (χ0n) is 11.7. The summed E-state index contributed by atoms with van der Waals surface area (Å²) >= 11 is 0. The molecule has 0 aliphatic rings. The van der Waals surface area contributed by atoms with Gasteiger partial charge in [0, 0.05) is 19.2 Å². The van der Waals surface area contributed by atoms with Crippen LogP contribution in [0.2, 0.25) is 0 Å². The second kappa shape index (κ2) is 7.16. The van der Waals surface area contributed by atoms with Gasteiger partial charge in [-0.1, -0.05) is 0 Å². The van der Waals surface area contributed by atoms with Gasteiger partial charge in [-0.15, -0.1) is 0 Å². The Kier molecular flexibility index (Phi) is 5.83. The molecule has 0 unspecified atom stereocenters. The summed E-state index contributed by atoms with van der Waals surface area (Å²) in [7, 11) is 2.75. The zero-order chi connectivity index (χ0) is 16.0. The summed E-state index contributed by atoms with van der Waals surface area (Å²) < 4.78 is 47.6. The maximum Gasteiger partial charge on any atom is 0.406 e. The monoisotopic (exact) mass is 306 g/mol. The molecule has 5 nitrogen and oxygen atoms in total. The smallest absolute Gasteiger partial charge is 0.406 e. The zero-order valence-corrected chi connectivity index (χ0v) is 11.7. The van der Waals surface area contributed by atoms with Crippen molar-refractivity contribution in [3.05, 3.63) is 23.8 Å². The Morgan fingerprint density at radius 2 is 1.95 bits per heavy atom. The number of alkyl halides is 3. The van der Waals surface area contributed by atoms with E-state index in [1.165, 1.54) is 32.4 Å². The molecule has 8 heteroatoms. The van der Waals surface area contributed by atoms with Crippen LogP contribution in [0.15, 0.2) is 18.2 Å². The average Bonchev–Trinajstić information content (AvgIpc) is 2.44. The maximum atomic E-state index is 12.5. The van der Waals surface area contributed by atoms with Gasteiger partial charge in [0.25, 0.3) is 5.91 Å².